The monoisotopic (exact) mass is 278 g/mol. The average molecular weight is 278 g/mol. The largest absolute Gasteiger partial charge is 0.337 e. The van der Waals surface area contributed by atoms with Crippen LogP contribution < -0.4 is 5.32 Å². The summed E-state index contributed by atoms with van der Waals surface area (Å²) >= 11 is 0. The van der Waals surface area contributed by atoms with E-state index in [9.17, 15) is 4.79 Å². The van der Waals surface area contributed by atoms with E-state index < -0.39 is 0 Å². The van der Waals surface area contributed by atoms with Crippen molar-refractivity contribution in [2.24, 2.45) is 7.05 Å². The summed E-state index contributed by atoms with van der Waals surface area (Å²) in [5.74, 6) is 0.102. The lowest BCUT2D eigenvalue weighted by molar-refractivity contribution is 0.0696. The molecule has 1 aliphatic heterocycles. The number of nitrogens with zero attached hydrogens (tertiary/aromatic N) is 3. The fraction of sp³-hybridized carbons (Fsp3) is 0.733. The molecular formula is C15H26N4O. The number of rotatable bonds is 2. The zero-order valence-corrected chi connectivity index (χ0v) is 13.2. The first kappa shape index (κ1) is 15.0. The summed E-state index contributed by atoms with van der Waals surface area (Å²) < 4.78 is 1.72. The quantitative estimate of drug-likeness (QED) is 0.893. The van der Waals surface area contributed by atoms with Crippen molar-refractivity contribution < 1.29 is 4.79 Å². The first-order valence-corrected chi connectivity index (χ1v) is 7.34. The lowest BCUT2D eigenvalue weighted by atomic mass is 9.92. The van der Waals surface area contributed by atoms with E-state index in [0.717, 1.165) is 31.6 Å². The van der Waals surface area contributed by atoms with E-state index in [4.69, 9.17) is 0 Å². The van der Waals surface area contributed by atoms with Gasteiger partial charge in [0.25, 0.3) is 5.91 Å². The van der Waals surface area contributed by atoms with Crippen LogP contribution in [0, 0.1) is 0 Å². The van der Waals surface area contributed by atoms with Gasteiger partial charge < -0.3 is 10.2 Å². The Bertz CT molecular complexity index is 479. The Hall–Kier alpha value is -1.36. The number of hydrogen-bond donors (Lipinski definition) is 1. The van der Waals surface area contributed by atoms with E-state index >= 15 is 0 Å². The number of nitrogens with one attached hydrogen (secondary N) is 1. The molecule has 1 aliphatic rings. The van der Waals surface area contributed by atoms with Crippen LogP contribution in [0.5, 0.6) is 0 Å². The fourth-order valence-corrected chi connectivity index (χ4v) is 2.57. The molecule has 0 radical (unpaired) electrons. The normalized spacial score (nSPS) is 17.6. The molecule has 1 amide bonds. The summed E-state index contributed by atoms with van der Waals surface area (Å²) in [5, 5.41) is 7.77. The van der Waals surface area contributed by atoms with Crippen molar-refractivity contribution >= 4 is 5.91 Å². The summed E-state index contributed by atoms with van der Waals surface area (Å²) in [6.07, 6.45) is 2.04. The highest BCUT2D eigenvalue weighted by molar-refractivity contribution is 5.92. The third kappa shape index (κ3) is 3.03. The molecule has 0 bridgehead atoms. The number of carbonyl (C=O) groups excluding carboxylic acids is 1. The van der Waals surface area contributed by atoms with Gasteiger partial charge in [0.2, 0.25) is 0 Å². The van der Waals surface area contributed by atoms with Crippen LogP contribution in [0.15, 0.2) is 6.07 Å². The Kier molecular flexibility index (Phi) is 4.18. The maximum atomic E-state index is 12.6. The van der Waals surface area contributed by atoms with Gasteiger partial charge in [-0.25, -0.2) is 0 Å². The molecule has 1 aromatic heterocycles. The fourth-order valence-electron chi connectivity index (χ4n) is 2.57. The molecule has 0 unspecified atom stereocenters. The molecule has 1 N–H and O–H groups in total. The topological polar surface area (TPSA) is 50.2 Å². The molecule has 0 saturated carbocycles. The molecule has 112 valence electrons. The first-order valence-electron chi connectivity index (χ1n) is 7.34. The zero-order valence-electron chi connectivity index (χ0n) is 13.2. The van der Waals surface area contributed by atoms with E-state index in [2.05, 4.69) is 31.2 Å². The minimum absolute atomic E-state index is 0.0323. The van der Waals surface area contributed by atoms with Crippen molar-refractivity contribution in [1.29, 1.82) is 0 Å². The van der Waals surface area contributed by atoms with Crippen LogP contribution in [-0.4, -0.2) is 46.8 Å². The summed E-state index contributed by atoms with van der Waals surface area (Å²) in [6.45, 7) is 7.98. The lowest BCUT2D eigenvalue weighted by Crippen LogP contribution is -2.44. The Morgan fingerprint density at radius 2 is 1.95 bits per heavy atom. The van der Waals surface area contributed by atoms with Crippen LogP contribution in [0.1, 0.15) is 49.8 Å². The smallest absolute Gasteiger partial charge is 0.272 e. The Labute approximate surface area is 121 Å². The van der Waals surface area contributed by atoms with Gasteiger partial charge in [-0.15, -0.1) is 0 Å². The Morgan fingerprint density at radius 3 is 2.40 bits per heavy atom. The highest BCUT2D eigenvalue weighted by Crippen LogP contribution is 2.22. The minimum Gasteiger partial charge on any atom is -0.337 e. The molecule has 5 nitrogen and oxygen atoms in total. The maximum Gasteiger partial charge on any atom is 0.272 e. The van der Waals surface area contributed by atoms with Crippen molar-refractivity contribution in [2.45, 2.75) is 45.1 Å². The van der Waals surface area contributed by atoms with Crippen LogP contribution in [0.2, 0.25) is 0 Å². The van der Waals surface area contributed by atoms with E-state index in [1.807, 2.05) is 25.1 Å². The predicted molar refractivity (Wildman–Crippen MR) is 79.9 cm³/mol. The van der Waals surface area contributed by atoms with Gasteiger partial charge in [0.15, 0.2) is 0 Å². The van der Waals surface area contributed by atoms with Crippen LogP contribution >= 0.6 is 0 Å². The van der Waals surface area contributed by atoms with Crippen LogP contribution in [0.4, 0.5) is 0 Å². The van der Waals surface area contributed by atoms with Crippen molar-refractivity contribution in [3.8, 4) is 0 Å². The number of aryl methyl sites for hydroxylation is 1. The molecule has 0 aliphatic carbocycles. The zero-order chi connectivity index (χ0) is 14.9. The molecule has 1 aromatic rings. The molecule has 1 fully saturated rings. The van der Waals surface area contributed by atoms with Gasteiger partial charge in [0.1, 0.15) is 5.69 Å². The number of amides is 1. The van der Waals surface area contributed by atoms with Gasteiger partial charge in [-0.1, -0.05) is 20.8 Å². The lowest BCUT2D eigenvalue weighted by Gasteiger charge is -2.31. The second-order valence-corrected chi connectivity index (χ2v) is 6.64. The van der Waals surface area contributed by atoms with Gasteiger partial charge in [0, 0.05) is 31.6 Å². The van der Waals surface area contributed by atoms with Gasteiger partial charge in [0.05, 0.1) is 5.69 Å². The Morgan fingerprint density at radius 1 is 1.35 bits per heavy atom. The van der Waals surface area contributed by atoms with Crippen LogP contribution in [0.25, 0.3) is 0 Å². The van der Waals surface area contributed by atoms with E-state index in [0.29, 0.717) is 11.7 Å². The summed E-state index contributed by atoms with van der Waals surface area (Å²) in [7, 11) is 3.84. The second-order valence-electron chi connectivity index (χ2n) is 6.64. The highest BCUT2D eigenvalue weighted by atomic mass is 16.2. The van der Waals surface area contributed by atoms with Crippen molar-refractivity contribution in [3.63, 3.8) is 0 Å². The molecule has 2 rings (SSSR count). The van der Waals surface area contributed by atoms with E-state index in [1.165, 1.54) is 0 Å². The van der Waals surface area contributed by atoms with Gasteiger partial charge in [-0.3, -0.25) is 9.48 Å². The Balaban J connectivity index is 2.12. The number of likely N-dealkylation sites (tertiary alicyclic amines) is 1. The standard InChI is InChI=1S/C15H26N4O/c1-15(2,3)13-10-12(18(5)17-13)14(20)19-8-6-11(16-4)7-9-19/h10-11,16H,6-9H2,1-5H3. The second kappa shape index (κ2) is 5.56. The molecule has 1 saturated heterocycles. The molecule has 2 heterocycles. The SMILES string of the molecule is CNC1CCN(C(=O)c2cc(C(C)(C)C)nn2C)CC1. The third-order valence-electron chi connectivity index (χ3n) is 4.06. The summed E-state index contributed by atoms with van der Waals surface area (Å²) in [5.41, 5.74) is 1.63. The van der Waals surface area contributed by atoms with Crippen molar-refractivity contribution in [2.75, 3.05) is 20.1 Å². The van der Waals surface area contributed by atoms with Gasteiger partial charge >= 0.3 is 0 Å². The van der Waals surface area contributed by atoms with E-state index in [1.54, 1.807) is 4.68 Å². The molecular weight excluding hydrogens is 252 g/mol. The molecule has 0 aromatic carbocycles. The third-order valence-corrected chi connectivity index (χ3v) is 4.06. The first-order chi connectivity index (χ1) is 9.32. The number of carbonyl (C=O) groups is 1. The van der Waals surface area contributed by atoms with Crippen molar-refractivity contribution in [3.05, 3.63) is 17.5 Å². The minimum atomic E-state index is -0.0323. The number of hydrogen-bond acceptors (Lipinski definition) is 3. The van der Waals surface area contributed by atoms with Crippen LogP contribution in [-0.2, 0) is 12.5 Å². The molecule has 20 heavy (non-hydrogen) atoms. The highest BCUT2D eigenvalue weighted by Gasteiger charge is 2.27. The predicted octanol–water partition coefficient (Wildman–Crippen LogP) is 1.54. The van der Waals surface area contributed by atoms with E-state index in [-0.39, 0.29) is 11.3 Å². The molecule has 5 heteroatoms. The molecule has 0 spiro atoms. The van der Waals surface area contributed by atoms with Gasteiger partial charge in [-0.2, -0.15) is 5.10 Å². The summed E-state index contributed by atoms with van der Waals surface area (Å²) in [6, 6.07) is 2.47. The maximum absolute atomic E-state index is 12.6. The van der Waals surface area contributed by atoms with Gasteiger partial charge in [-0.05, 0) is 26.0 Å². The average Bonchev–Trinajstić information content (AvgIpc) is 2.80. The molecule has 0 atom stereocenters. The number of piperidine rings is 1. The number of aromatic nitrogens is 2. The van der Waals surface area contributed by atoms with Crippen molar-refractivity contribution in [1.82, 2.24) is 20.0 Å². The van der Waals surface area contributed by atoms with Crippen LogP contribution in [0.3, 0.4) is 0 Å². The summed E-state index contributed by atoms with van der Waals surface area (Å²) in [4.78, 5) is 14.5.